The lowest BCUT2D eigenvalue weighted by molar-refractivity contribution is -0.121. The van der Waals surface area contributed by atoms with Crippen molar-refractivity contribution in [3.8, 4) is 0 Å². The van der Waals surface area contributed by atoms with Gasteiger partial charge < -0.3 is 5.73 Å². The highest BCUT2D eigenvalue weighted by molar-refractivity contribution is 5.84. The number of carbonyl (C=O) groups excluding carboxylic acids is 1. The Morgan fingerprint density at radius 3 is 2.45 bits per heavy atom. The fourth-order valence-corrected chi connectivity index (χ4v) is 1.26. The normalized spacial score (nSPS) is 20.4. The van der Waals surface area contributed by atoms with Crippen molar-refractivity contribution in [1.29, 1.82) is 0 Å². The number of nitrogens with two attached hydrogens (primary N) is 1. The summed E-state index contributed by atoms with van der Waals surface area (Å²) in [5, 5.41) is 0. The van der Waals surface area contributed by atoms with E-state index in [9.17, 15) is 4.79 Å². The number of hydrogen-bond acceptors (Lipinski definition) is 2. The predicted molar refractivity (Wildman–Crippen MR) is 45.2 cm³/mol. The van der Waals surface area contributed by atoms with Crippen LogP contribution < -0.4 is 5.73 Å². The van der Waals surface area contributed by atoms with Crippen LogP contribution in [0.1, 0.15) is 33.1 Å². The third kappa shape index (κ3) is 2.62. The van der Waals surface area contributed by atoms with Crippen molar-refractivity contribution in [2.45, 2.75) is 39.2 Å². The van der Waals surface area contributed by atoms with Gasteiger partial charge in [0.1, 0.15) is 5.78 Å². The Balaban J connectivity index is 2.27. The summed E-state index contributed by atoms with van der Waals surface area (Å²) < 4.78 is 0. The summed E-state index contributed by atoms with van der Waals surface area (Å²) in [4.78, 5) is 11.3. The second kappa shape index (κ2) is 3.35. The molecular weight excluding hydrogens is 138 g/mol. The molecule has 1 atom stereocenters. The van der Waals surface area contributed by atoms with Crippen LogP contribution in [0.25, 0.3) is 0 Å². The van der Waals surface area contributed by atoms with Gasteiger partial charge in [-0.3, -0.25) is 4.79 Å². The van der Waals surface area contributed by atoms with Gasteiger partial charge in [0.2, 0.25) is 0 Å². The van der Waals surface area contributed by atoms with Crippen molar-refractivity contribution >= 4 is 5.78 Å². The van der Waals surface area contributed by atoms with Gasteiger partial charge in [-0.25, -0.2) is 0 Å². The summed E-state index contributed by atoms with van der Waals surface area (Å²) in [7, 11) is 0. The number of carbonyl (C=O) groups is 1. The second-order valence-corrected chi connectivity index (χ2v) is 3.93. The highest BCUT2D eigenvalue weighted by Gasteiger charge is 2.32. The van der Waals surface area contributed by atoms with Gasteiger partial charge in [0.25, 0.3) is 0 Å². The van der Waals surface area contributed by atoms with Gasteiger partial charge in [-0.2, -0.15) is 0 Å². The number of hydrogen-bond donors (Lipinski definition) is 1. The first-order chi connectivity index (χ1) is 5.11. The van der Waals surface area contributed by atoms with Gasteiger partial charge in [-0.1, -0.05) is 13.8 Å². The number of Topliss-reactive ketones (excluding diaryl/α,β-unsaturated/α-hetero) is 1. The molecule has 0 heterocycles. The average Bonchev–Trinajstić information content (AvgIpc) is 2.65. The summed E-state index contributed by atoms with van der Waals surface area (Å²) in [6.07, 6.45) is 2.97. The molecule has 0 bridgehead atoms. The van der Waals surface area contributed by atoms with Crippen molar-refractivity contribution < 1.29 is 4.79 Å². The zero-order valence-corrected chi connectivity index (χ0v) is 7.34. The Kier molecular flexibility index (Phi) is 2.66. The van der Waals surface area contributed by atoms with Crippen molar-refractivity contribution in [2.24, 2.45) is 17.6 Å². The van der Waals surface area contributed by atoms with Crippen LogP contribution in [0.2, 0.25) is 0 Å². The summed E-state index contributed by atoms with van der Waals surface area (Å²) in [6, 6.07) is -0.155. The van der Waals surface area contributed by atoms with E-state index in [1.54, 1.807) is 0 Å². The molecule has 1 aliphatic carbocycles. The van der Waals surface area contributed by atoms with E-state index in [4.69, 9.17) is 5.73 Å². The van der Waals surface area contributed by atoms with Gasteiger partial charge >= 0.3 is 0 Å². The van der Waals surface area contributed by atoms with Crippen LogP contribution in [0.5, 0.6) is 0 Å². The molecule has 0 radical (unpaired) electrons. The van der Waals surface area contributed by atoms with Crippen molar-refractivity contribution in [3.63, 3.8) is 0 Å². The molecule has 0 saturated heterocycles. The third-order valence-corrected chi connectivity index (χ3v) is 2.11. The zero-order valence-electron chi connectivity index (χ0n) is 7.34. The van der Waals surface area contributed by atoms with E-state index in [0.29, 0.717) is 18.3 Å². The number of rotatable bonds is 4. The van der Waals surface area contributed by atoms with Crippen LogP contribution in [0.15, 0.2) is 0 Å². The maximum atomic E-state index is 11.3. The van der Waals surface area contributed by atoms with E-state index < -0.39 is 0 Å². The molecule has 1 aliphatic rings. The van der Waals surface area contributed by atoms with E-state index in [0.717, 1.165) is 12.8 Å². The van der Waals surface area contributed by atoms with Gasteiger partial charge in [0, 0.05) is 6.42 Å². The first-order valence-electron chi connectivity index (χ1n) is 4.39. The predicted octanol–water partition coefficient (Wildman–Crippen LogP) is 1.34. The molecule has 2 nitrogen and oxygen atoms in total. The Morgan fingerprint density at radius 2 is 2.09 bits per heavy atom. The monoisotopic (exact) mass is 155 g/mol. The highest BCUT2D eigenvalue weighted by Crippen LogP contribution is 2.32. The molecule has 1 unspecified atom stereocenters. The van der Waals surface area contributed by atoms with Crippen molar-refractivity contribution in [2.75, 3.05) is 0 Å². The smallest absolute Gasteiger partial charge is 0.150 e. The first kappa shape index (κ1) is 8.72. The van der Waals surface area contributed by atoms with Crippen LogP contribution in [0, 0.1) is 11.8 Å². The maximum Gasteiger partial charge on any atom is 0.150 e. The molecule has 11 heavy (non-hydrogen) atoms. The molecule has 1 rings (SSSR count). The van der Waals surface area contributed by atoms with E-state index in [-0.39, 0.29) is 11.8 Å². The Labute approximate surface area is 68.2 Å². The Hall–Kier alpha value is -0.370. The molecule has 0 aromatic carbocycles. The lowest BCUT2D eigenvalue weighted by atomic mass is 10.00. The van der Waals surface area contributed by atoms with E-state index in [1.807, 2.05) is 0 Å². The minimum atomic E-state index is -0.155. The van der Waals surface area contributed by atoms with Gasteiger partial charge in [0.05, 0.1) is 6.04 Å². The molecule has 1 saturated carbocycles. The zero-order chi connectivity index (χ0) is 8.43. The third-order valence-electron chi connectivity index (χ3n) is 2.11. The standard InChI is InChI=1S/C9H17NO/c1-6(2)5-8(11)9(10)7-3-4-7/h6-7,9H,3-5,10H2,1-2H3. The number of ketones is 1. The SMILES string of the molecule is CC(C)CC(=O)C(N)C1CC1. The molecule has 2 heteroatoms. The quantitative estimate of drug-likeness (QED) is 0.665. The fourth-order valence-electron chi connectivity index (χ4n) is 1.26. The van der Waals surface area contributed by atoms with Gasteiger partial charge in [-0.15, -0.1) is 0 Å². The fraction of sp³-hybridized carbons (Fsp3) is 0.889. The minimum absolute atomic E-state index is 0.155. The molecule has 0 spiro atoms. The molecule has 0 aliphatic heterocycles. The molecule has 0 aromatic rings. The molecule has 0 aromatic heterocycles. The van der Waals surface area contributed by atoms with E-state index in [2.05, 4.69) is 13.8 Å². The van der Waals surface area contributed by atoms with Crippen LogP contribution in [-0.4, -0.2) is 11.8 Å². The minimum Gasteiger partial charge on any atom is -0.321 e. The summed E-state index contributed by atoms with van der Waals surface area (Å²) in [5.41, 5.74) is 5.72. The molecular formula is C9H17NO. The van der Waals surface area contributed by atoms with Crippen LogP contribution in [-0.2, 0) is 4.79 Å². The second-order valence-electron chi connectivity index (χ2n) is 3.93. The molecule has 2 N–H and O–H groups in total. The summed E-state index contributed by atoms with van der Waals surface area (Å²) in [5.74, 6) is 1.22. The van der Waals surface area contributed by atoms with Crippen LogP contribution >= 0.6 is 0 Å². The molecule has 64 valence electrons. The summed E-state index contributed by atoms with van der Waals surface area (Å²) in [6.45, 7) is 4.11. The lowest BCUT2D eigenvalue weighted by Crippen LogP contribution is -2.33. The van der Waals surface area contributed by atoms with E-state index in [1.165, 1.54) is 0 Å². The topological polar surface area (TPSA) is 43.1 Å². The lowest BCUT2D eigenvalue weighted by Gasteiger charge is -2.10. The van der Waals surface area contributed by atoms with Crippen LogP contribution in [0.3, 0.4) is 0 Å². The largest absolute Gasteiger partial charge is 0.321 e. The van der Waals surface area contributed by atoms with E-state index >= 15 is 0 Å². The Bertz CT molecular complexity index is 150. The van der Waals surface area contributed by atoms with Crippen molar-refractivity contribution in [3.05, 3.63) is 0 Å². The highest BCUT2D eigenvalue weighted by atomic mass is 16.1. The Morgan fingerprint density at radius 1 is 1.55 bits per heavy atom. The average molecular weight is 155 g/mol. The molecule has 1 fully saturated rings. The van der Waals surface area contributed by atoms with Gasteiger partial charge in [0.15, 0.2) is 0 Å². The van der Waals surface area contributed by atoms with Gasteiger partial charge in [-0.05, 0) is 24.7 Å². The maximum absolute atomic E-state index is 11.3. The first-order valence-corrected chi connectivity index (χ1v) is 4.39. The van der Waals surface area contributed by atoms with Crippen molar-refractivity contribution in [1.82, 2.24) is 0 Å². The summed E-state index contributed by atoms with van der Waals surface area (Å²) >= 11 is 0. The van der Waals surface area contributed by atoms with Crippen LogP contribution in [0.4, 0.5) is 0 Å². The molecule has 0 amide bonds.